The molecule has 0 aliphatic carbocycles. The molecule has 0 N–H and O–H groups in total. The molecule has 0 spiro atoms. The number of anilines is 1. The van der Waals surface area contributed by atoms with Gasteiger partial charge in [0.1, 0.15) is 11.3 Å². The Morgan fingerprint density at radius 2 is 1.94 bits per heavy atom. The van der Waals surface area contributed by atoms with Crippen molar-refractivity contribution >= 4 is 50.7 Å². The van der Waals surface area contributed by atoms with Gasteiger partial charge in [-0.3, -0.25) is 19.8 Å². The molecule has 0 aliphatic heterocycles. The van der Waals surface area contributed by atoms with Crippen molar-refractivity contribution in [1.29, 1.82) is 0 Å². The minimum atomic E-state index is -0.806. The number of amides is 1. The maximum atomic E-state index is 14.1. The Labute approximate surface area is 187 Å². The quantitative estimate of drug-likeness (QED) is 0.365. The Morgan fingerprint density at radius 3 is 2.58 bits per heavy atom. The van der Waals surface area contributed by atoms with Crippen molar-refractivity contribution in [3.8, 4) is 0 Å². The Bertz CT molecular complexity index is 1120. The largest absolute Gasteiger partial charge is 0.309 e. The van der Waals surface area contributed by atoms with Crippen LogP contribution in [-0.2, 0) is 0 Å². The molecule has 0 atom stereocenters. The predicted octanol–water partition coefficient (Wildman–Crippen LogP) is 4.81. The van der Waals surface area contributed by atoms with Crippen molar-refractivity contribution in [2.45, 2.75) is 13.3 Å². The molecule has 0 fully saturated rings. The zero-order valence-electron chi connectivity index (χ0n) is 17.1. The molecule has 0 unspecified atom stereocenters. The first-order chi connectivity index (χ1) is 14.2. The van der Waals surface area contributed by atoms with E-state index in [1.54, 1.807) is 0 Å². The van der Waals surface area contributed by atoms with Crippen molar-refractivity contribution in [1.82, 2.24) is 9.88 Å². The van der Waals surface area contributed by atoms with Gasteiger partial charge in [-0.25, -0.2) is 13.8 Å². The SMILES string of the molecule is Cc1c(C(=O)N(CCCN(C)C)c2nc3c(F)cc(F)cc3s2)cccc1[N+](=O)[O-].Cl. The summed E-state index contributed by atoms with van der Waals surface area (Å²) in [6.07, 6.45) is 0.597. The molecule has 2 aromatic carbocycles. The number of nitrogens with zero attached hydrogens (tertiary/aromatic N) is 4. The summed E-state index contributed by atoms with van der Waals surface area (Å²) in [4.78, 5) is 31.6. The van der Waals surface area contributed by atoms with Crippen LogP contribution in [0.1, 0.15) is 22.3 Å². The van der Waals surface area contributed by atoms with E-state index < -0.39 is 22.5 Å². The van der Waals surface area contributed by atoms with Gasteiger partial charge in [-0.1, -0.05) is 17.4 Å². The molecular formula is C20H21ClF2N4O3S. The van der Waals surface area contributed by atoms with Crippen LogP contribution in [-0.4, -0.2) is 47.9 Å². The van der Waals surface area contributed by atoms with Crippen LogP contribution in [0, 0.1) is 28.7 Å². The summed E-state index contributed by atoms with van der Waals surface area (Å²) in [5.74, 6) is -2.01. The van der Waals surface area contributed by atoms with Gasteiger partial charge in [0.25, 0.3) is 11.6 Å². The number of fused-ring (bicyclic) bond motifs is 1. The standard InChI is InChI=1S/C20H20F2N4O3S.ClH/c1-12-14(6-4-7-16(12)26(28)29)19(27)25(9-5-8-24(2)3)20-23-18-15(22)10-13(21)11-17(18)30-20;/h4,6-7,10-11H,5,8-9H2,1-3H3;1H. The molecule has 1 aromatic heterocycles. The van der Waals surface area contributed by atoms with E-state index in [1.165, 1.54) is 36.1 Å². The van der Waals surface area contributed by atoms with Crippen LogP contribution >= 0.6 is 23.7 Å². The fourth-order valence-corrected chi connectivity index (χ4v) is 4.12. The normalized spacial score (nSPS) is 10.9. The monoisotopic (exact) mass is 470 g/mol. The zero-order chi connectivity index (χ0) is 22.0. The highest BCUT2D eigenvalue weighted by molar-refractivity contribution is 7.22. The zero-order valence-corrected chi connectivity index (χ0v) is 18.7. The highest BCUT2D eigenvalue weighted by atomic mass is 35.5. The van der Waals surface area contributed by atoms with E-state index >= 15 is 0 Å². The van der Waals surface area contributed by atoms with E-state index in [9.17, 15) is 23.7 Å². The summed E-state index contributed by atoms with van der Waals surface area (Å²) >= 11 is 0.998. The van der Waals surface area contributed by atoms with Crippen molar-refractivity contribution in [3.05, 3.63) is 63.2 Å². The van der Waals surface area contributed by atoms with Crippen molar-refractivity contribution in [2.75, 3.05) is 32.1 Å². The molecule has 1 amide bonds. The van der Waals surface area contributed by atoms with Crippen LogP contribution in [0.15, 0.2) is 30.3 Å². The van der Waals surface area contributed by atoms with Crippen LogP contribution in [0.25, 0.3) is 10.2 Å². The summed E-state index contributed by atoms with van der Waals surface area (Å²) in [5, 5.41) is 11.5. The van der Waals surface area contributed by atoms with E-state index in [-0.39, 0.29) is 51.1 Å². The first kappa shape index (κ1) is 24.6. The number of carbonyl (C=O) groups excluding carboxylic acids is 1. The van der Waals surface area contributed by atoms with Gasteiger partial charge >= 0.3 is 0 Å². The number of halogens is 3. The van der Waals surface area contributed by atoms with Gasteiger partial charge in [-0.15, -0.1) is 12.4 Å². The molecule has 3 aromatic rings. The highest BCUT2D eigenvalue weighted by Gasteiger charge is 2.26. The van der Waals surface area contributed by atoms with Crippen molar-refractivity contribution in [3.63, 3.8) is 0 Å². The van der Waals surface area contributed by atoms with Gasteiger partial charge < -0.3 is 4.90 Å². The molecule has 0 saturated carbocycles. The van der Waals surface area contributed by atoms with Crippen molar-refractivity contribution < 1.29 is 18.5 Å². The van der Waals surface area contributed by atoms with Gasteiger partial charge in [0, 0.05) is 29.8 Å². The third-order valence-electron chi connectivity index (χ3n) is 4.60. The number of nitro groups is 1. The van der Waals surface area contributed by atoms with Gasteiger partial charge in [-0.2, -0.15) is 0 Å². The number of nitro benzene ring substituents is 1. The van der Waals surface area contributed by atoms with Crippen LogP contribution in [0.3, 0.4) is 0 Å². The topological polar surface area (TPSA) is 79.6 Å². The van der Waals surface area contributed by atoms with E-state index in [2.05, 4.69) is 4.98 Å². The van der Waals surface area contributed by atoms with Gasteiger partial charge in [0.2, 0.25) is 0 Å². The number of thiazole rings is 1. The summed E-state index contributed by atoms with van der Waals surface area (Å²) in [7, 11) is 3.79. The first-order valence-electron chi connectivity index (χ1n) is 9.15. The lowest BCUT2D eigenvalue weighted by atomic mass is 10.1. The number of hydrogen-bond acceptors (Lipinski definition) is 6. The number of hydrogen-bond donors (Lipinski definition) is 0. The molecule has 1 heterocycles. The number of carbonyl (C=O) groups is 1. The second-order valence-corrected chi connectivity index (χ2v) is 8.06. The summed E-state index contributed by atoms with van der Waals surface area (Å²) < 4.78 is 28.0. The number of aromatic nitrogens is 1. The van der Waals surface area contributed by atoms with Crippen LogP contribution < -0.4 is 4.90 Å². The Hall–Kier alpha value is -2.69. The van der Waals surface area contributed by atoms with Crippen LogP contribution in [0.5, 0.6) is 0 Å². The molecule has 7 nitrogen and oxygen atoms in total. The van der Waals surface area contributed by atoms with E-state index in [4.69, 9.17) is 0 Å². The molecule has 166 valence electrons. The van der Waals surface area contributed by atoms with E-state index in [1.807, 2.05) is 19.0 Å². The van der Waals surface area contributed by atoms with E-state index in [0.717, 1.165) is 17.4 Å². The minimum Gasteiger partial charge on any atom is -0.309 e. The van der Waals surface area contributed by atoms with Crippen LogP contribution in [0.4, 0.5) is 19.6 Å². The van der Waals surface area contributed by atoms with Gasteiger partial charge in [0.15, 0.2) is 10.9 Å². The van der Waals surface area contributed by atoms with E-state index in [0.29, 0.717) is 13.0 Å². The molecule has 11 heteroatoms. The summed E-state index contributed by atoms with van der Waals surface area (Å²) in [5.41, 5.74) is 0.229. The second kappa shape index (κ2) is 10.1. The maximum absolute atomic E-state index is 14.1. The fourth-order valence-electron chi connectivity index (χ4n) is 3.09. The summed E-state index contributed by atoms with van der Waals surface area (Å²) in [6.45, 7) is 2.46. The maximum Gasteiger partial charge on any atom is 0.273 e. The lowest BCUT2D eigenvalue weighted by molar-refractivity contribution is -0.385. The first-order valence-corrected chi connectivity index (χ1v) is 9.97. The molecule has 3 rings (SSSR count). The van der Waals surface area contributed by atoms with Gasteiger partial charge in [-0.05, 0) is 46.1 Å². The van der Waals surface area contributed by atoms with Crippen LogP contribution in [0.2, 0.25) is 0 Å². The molecule has 0 bridgehead atoms. The smallest absolute Gasteiger partial charge is 0.273 e. The molecular weight excluding hydrogens is 450 g/mol. The predicted molar refractivity (Wildman–Crippen MR) is 119 cm³/mol. The fraction of sp³-hybridized carbons (Fsp3) is 0.300. The Balaban J connectivity index is 0.00000341. The lowest BCUT2D eigenvalue weighted by Gasteiger charge is -2.21. The average molecular weight is 471 g/mol. The Morgan fingerprint density at radius 1 is 1.23 bits per heavy atom. The molecule has 0 radical (unpaired) electrons. The van der Waals surface area contributed by atoms with Crippen molar-refractivity contribution in [2.24, 2.45) is 0 Å². The molecule has 31 heavy (non-hydrogen) atoms. The number of rotatable bonds is 7. The number of benzene rings is 2. The second-order valence-electron chi connectivity index (χ2n) is 7.05. The summed E-state index contributed by atoms with van der Waals surface area (Å²) in [6, 6.07) is 6.20. The third kappa shape index (κ3) is 5.33. The highest BCUT2D eigenvalue weighted by Crippen LogP contribution is 2.33. The third-order valence-corrected chi connectivity index (χ3v) is 5.62. The molecule has 0 aliphatic rings. The lowest BCUT2D eigenvalue weighted by Crippen LogP contribution is -2.34. The minimum absolute atomic E-state index is 0. The average Bonchev–Trinajstić information content (AvgIpc) is 3.08. The molecule has 0 saturated heterocycles. The Kier molecular flexibility index (Phi) is 7.99. The van der Waals surface area contributed by atoms with Gasteiger partial charge in [0.05, 0.1) is 9.62 Å².